The summed E-state index contributed by atoms with van der Waals surface area (Å²) in [7, 11) is -4.92. The minimum atomic E-state index is -4.92. The number of hydrogen-bond donors (Lipinski definition) is 3. The number of fused-ring (bicyclic) bond motifs is 1. The van der Waals surface area contributed by atoms with Gasteiger partial charge in [-0.1, -0.05) is 18.2 Å². The zero-order valence-corrected chi connectivity index (χ0v) is 13.3. The molecule has 0 radical (unpaired) electrons. The normalized spacial score (nSPS) is 11.0. The average molecular weight is 350 g/mol. The van der Waals surface area contributed by atoms with Crippen LogP contribution in [0.1, 0.15) is 5.56 Å². The third-order valence-electron chi connectivity index (χ3n) is 3.15. The lowest BCUT2D eigenvalue weighted by atomic mass is 10.1. The quantitative estimate of drug-likeness (QED) is 0.266. The molecule has 126 valence electrons. The van der Waals surface area contributed by atoms with Crippen molar-refractivity contribution in [3.05, 3.63) is 54.1 Å². The molecule has 2 aromatic carbocycles. The van der Waals surface area contributed by atoms with Gasteiger partial charge in [-0.2, -0.15) is 0 Å². The Balaban J connectivity index is 0.000000368. The minimum absolute atomic E-state index is 0.180. The lowest BCUT2D eigenvalue weighted by Crippen LogP contribution is -1.90. The molecule has 1 heterocycles. The van der Waals surface area contributed by atoms with E-state index in [1.165, 1.54) is 6.07 Å². The second-order valence-electron chi connectivity index (χ2n) is 4.90. The summed E-state index contributed by atoms with van der Waals surface area (Å²) < 4.78 is 38.6. The Morgan fingerprint density at radius 3 is 2.21 bits per heavy atom. The molecular weight excluding hydrogens is 336 g/mol. The van der Waals surface area contributed by atoms with Crippen LogP contribution >= 0.6 is 0 Å². The van der Waals surface area contributed by atoms with Gasteiger partial charge in [0.25, 0.3) is 5.75 Å². The van der Waals surface area contributed by atoms with Gasteiger partial charge >= 0.3 is 11.3 Å². The van der Waals surface area contributed by atoms with E-state index < -0.39 is 10.4 Å². The first-order valence-electron chi connectivity index (χ1n) is 6.69. The van der Waals surface area contributed by atoms with E-state index in [4.69, 9.17) is 21.9 Å². The Morgan fingerprint density at radius 1 is 1.04 bits per heavy atom. The maximum Gasteiger partial charge on any atom is 0.406 e. The molecule has 0 fully saturated rings. The summed E-state index contributed by atoms with van der Waals surface area (Å²) in [4.78, 5) is 0. The zero-order valence-electron chi connectivity index (χ0n) is 12.5. The summed E-state index contributed by atoms with van der Waals surface area (Å²) in [6.07, 6.45) is 0. The molecule has 0 unspecified atom stereocenters. The standard InChI is InChI=1S/C16H12O3.H2O4S/c1-10-9-14(11-5-3-2-4-6-11)19-16-12(10)7-8-13(17)15(16)18;1-5(2,3)4/h2-9H,1H3,(H-,17,18);(H2,1,2,3,4). The first-order valence-corrected chi connectivity index (χ1v) is 8.05. The fraction of sp³-hybridized carbons (Fsp3) is 0.0625. The van der Waals surface area contributed by atoms with E-state index in [1.54, 1.807) is 6.07 Å². The maximum absolute atomic E-state index is 9.91. The van der Waals surface area contributed by atoms with Crippen molar-refractivity contribution < 1.29 is 32.2 Å². The van der Waals surface area contributed by atoms with Gasteiger partial charge in [0.15, 0.2) is 5.75 Å². The lowest BCUT2D eigenvalue weighted by Gasteiger charge is -1.99. The predicted molar refractivity (Wildman–Crippen MR) is 86.4 cm³/mol. The fourth-order valence-corrected chi connectivity index (χ4v) is 2.13. The predicted octanol–water partition coefficient (Wildman–Crippen LogP) is 3.11. The van der Waals surface area contributed by atoms with Crippen molar-refractivity contribution in [3.63, 3.8) is 0 Å². The zero-order chi connectivity index (χ0) is 17.9. The van der Waals surface area contributed by atoms with Crippen LogP contribution in [0.3, 0.4) is 0 Å². The second kappa shape index (κ2) is 6.83. The van der Waals surface area contributed by atoms with E-state index in [9.17, 15) is 10.2 Å². The summed E-state index contributed by atoms with van der Waals surface area (Å²) >= 11 is 0. The minimum Gasteiger partial charge on any atom is -0.726 e. The van der Waals surface area contributed by atoms with Gasteiger partial charge in [0, 0.05) is 6.07 Å². The van der Waals surface area contributed by atoms with Gasteiger partial charge < -0.3 is 14.8 Å². The molecule has 0 aliphatic heterocycles. The molecule has 1 aromatic heterocycles. The summed E-state index contributed by atoms with van der Waals surface area (Å²) in [5.74, 6) is 0.255. The number of rotatable bonds is 1. The molecule has 0 saturated heterocycles. The van der Waals surface area contributed by atoms with Crippen molar-refractivity contribution in [3.8, 4) is 22.8 Å². The van der Waals surface area contributed by atoms with Crippen molar-refractivity contribution in [1.29, 1.82) is 0 Å². The number of aryl methyl sites for hydroxylation is 1. The number of benzene rings is 2. The molecule has 24 heavy (non-hydrogen) atoms. The molecule has 3 N–H and O–H groups in total. The molecule has 0 atom stereocenters. The van der Waals surface area contributed by atoms with Gasteiger partial charge in [0.1, 0.15) is 0 Å². The van der Waals surface area contributed by atoms with Gasteiger partial charge in [-0.05, 0) is 36.8 Å². The summed E-state index contributed by atoms with van der Waals surface area (Å²) in [5, 5.41) is 20.3. The maximum atomic E-state index is 9.91. The van der Waals surface area contributed by atoms with Gasteiger partial charge in [-0.3, -0.25) is 4.55 Å². The summed E-state index contributed by atoms with van der Waals surface area (Å²) in [6, 6.07) is 14.8. The van der Waals surface area contributed by atoms with E-state index in [-0.39, 0.29) is 11.5 Å². The van der Waals surface area contributed by atoms with Crippen molar-refractivity contribution in [2.75, 3.05) is 0 Å². The van der Waals surface area contributed by atoms with Crippen LogP contribution in [0, 0.1) is 6.92 Å². The first-order chi connectivity index (χ1) is 11.2. The monoisotopic (exact) mass is 350 g/mol. The van der Waals surface area contributed by atoms with E-state index in [0.29, 0.717) is 11.3 Å². The molecule has 0 spiro atoms. The molecule has 0 bridgehead atoms. The molecule has 3 aromatic rings. The fourth-order valence-electron chi connectivity index (χ4n) is 2.13. The van der Waals surface area contributed by atoms with Crippen LogP contribution in [-0.2, 0) is 10.4 Å². The number of phenols is 2. The average Bonchev–Trinajstić information content (AvgIpc) is 2.50. The Kier molecular flexibility index (Phi) is 5.03. The number of phenolic OH excluding ortho intramolecular Hbond substituents is 2. The van der Waals surface area contributed by atoms with Crippen LogP contribution in [0.2, 0.25) is 0 Å². The molecule has 0 saturated carbocycles. The van der Waals surface area contributed by atoms with Crippen LogP contribution in [-0.4, -0.2) is 27.7 Å². The number of aromatic hydroxyl groups is 2. The van der Waals surface area contributed by atoms with E-state index in [2.05, 4.69) is 0 Å². The Hall–Kier alpha value is -2.68. The molecule has 3 rings (SSSR count). The second-order valence-corrected chi connectivity index (χ2v) is 5.75. The first kappa shape index (κ1) is 17.7. The topological polar surface area (TPSA) is 129 Å². The lowest BCUT2D eigenvalue weighted by molar-refractivity contribution is 0.366. The largest absolute Gasteiger partial charge is 0.726 e. The molecule has 0 amide bonds. The Morgan fingerprint density at radius 2 is 1.62 bits per heavy atom. The van der Waals surface area contributed by atoms with Gasteiger partial charge in [0.05, 0.1) is 10.9 Å². The van der Waals surface area contributed by atoms with Crippen molar-refractivity contribution in [2.24, 2.45) is 0 Å². The number of hydrogen-bond acceptors (Lipinski definition) is 5. The third-order valence-corrected chi connectivity index (χ3v) is 3.15. The van der Waals surface area contributed by atoms with Crippen LogP contribution in [0.4, 0.5) is 0 Å². The molecular formula is C16H14O7S. The van der Waals surface area contributed by atoms with Crippen molar-refractivity contribution in [2.45, 2.75) is 6.92 Å². The van der Waals surface area contributed by atoms with Crippen LogP contribution in [0.5, 0.6) is 11.5 Å². The highest BCUT2D eigenvalue weighted by atomic mass is 32.3. The molecule has 0 aliphatic carbocycles. The van der Waals surface area contributed by atoms with Crippen LogP contribution in [0.15, 0.2) is 52.9 Å². The molecule has 0 aliphatic rings. The van der Waals surface area contributed by atoms with Crippen LogP contribution < -0.4 is 0 Å². The van der Waals surface area contributed by atoms with Gasteiger partial charge in [-0.25, -0.2) is 12.8 Å². The van der Waals surface area contributed by atoms with Crippen LogP contribution in [0.25, 0.3) is 22.3 Å². The smallest absolute Gasteiger partial charge is 0.406 e. The van der Waals surface area contributed by atoms with E-state index in [1.807, 2.05) is 43.3 Å². The van der Waals surface area contributed by atoms with Gasteiger partial charge in [-0.15, -0.1) is 0 Å². The van der Waals surface area contributed by atoms with Crippen molar-refractivity contribution in [1.82, 2.24) is 0 Å². The van der Waals surface area contributed by atoms with Gasteiger partial charge in [0.2, 0.25) is 10.4 Å². The van der Waals surface area contributed by atoms with Crippen molar-refractivity contribution >= 4 is 21.4 Å². The molecule has 8 heteroatoms. The highest BCUT2D eigenvalue weighted by molar-refractivity contribution is 7.79. The van der Waals surface area contributed by atoms with E-state index >= 15 is 0 Å². The Bertz CT molecular complexity index is 959. The SMILES string of the molecule is Cc1cc(-c2ccccc2)[o+]c2c(O)c(O)ccc12.O=S(=O)([O-])O. The van der Waals surface area contributed by atoms with E-state index in [0.717, 1.165) is 16.5 Å². The summed E-state index contributed by atoms with van der Waals surface area (Å²) in [6.45, 7) is 1.95. The highest BCUT2D eigenvalue weighted by Crippen LogP contribution is 2.37. The third kappa shape index (κ3) is 4.42. The highest BCUT2D eigenvalue weighted by Gasteiger charge is 2.22. The molecule has 7 nitrogen and oxygen atoms in total. The Labute approximate surface area is 138 Å². The summed E-state index contributed by atoms with van der Waals surface area (Å²) in [5.41, 5.74) is 2.21.